The quantitative estimate of drug-likeness (QED) is 0.530. The van der Waals surface area contributed by atoms with E-state index in [0.29, 0.717) is 5.92 Å². The number of hydrogen-bond donors (Lipinski definition) is 0. The molecular weight excluding hydrogens is 192 g/mol. The predicted molar refractivity (Wildman–Crippen MR) is 60.8 cm³/mol. The molecule has 0 radical (unpaired) electrons. The number of allylic oxidation sites excluding steroid dienone is 1. The number of carbonyl (C=O) groups is 1. The predicted octanol–water partition coefficient (Wildman–Crippen LogP) is 3.54. The fourth-order valence-corrected chi connectivity index (χ4v) is 0.832. The van der Waals surface area contributed by atoms with Crippen molar-refractivity contribution in [1.82, 2.24) is 0 Å². The number of rotatable bonds is 4. The molecule has 0 N–H and O–H groups in total. The largest absolute Gasteiger partial charge is 0.509 e. The first-order chi connectivity index (χ1) is 6.81. The zero-order chi connectivity index (χ0) is 11.9. The van der Waals surface area contributed by atoms with Gasteiger partial charge in [0.1, 0.15) is 12.2 Å². The lowest BCUT2D eigenvalue weighted by atomic mass is 10.1. The molecular formula is C12H22O3. The van der Waals surface area contributed by atoms with E-state index in [0.717, 1.165) is 6.42 Å². The first-order valence-electron chi connectivity index (χ1n) is 5.32. The Bertz CT molecular complexity index is 211. The summed E-state index contributed by atoms with van der Waals surface area (Å²) < 4.78 is 9.82. The van der Waals surface area contributed by atoms with Crippen LogP contribution >= 0.6 is 0 Å². The zero-order valence-corrected chi connectivity index (χ0v) is 10.4. The first kappa shape index (κ1) is 14.0. The van der Waals surface area contributed by atoms with Crippen LogP contribution in [0.2, 0.25) is 0 Å². The van der Waals surface area contributed by atoms with E-state index < -0.39 is 11.8 Å². The average molecular weight is 214 g/mol. The van der Waals surface area contributed by atoms with E-state index >= 15 is 0 Å². The van der Waals surface area contributed by atoms with Crippen LogP contribution in [0.3, 0.4) is 0 Å². The summed E-state index contributed by atoms with van der Waals surface area (Å²) in [5, 5.41) is 0. The third-order valence-corrected chi connectivity index (χ3v) is 1.46. The lowest BCUT2D eigenvalue weighted by molar-refractivity contribution is -0.00243. The van der Waals surface area contributed by atoms with Crippen molar-refractivity contribution in [3.63, 3.8) is 0 Å². The van der Waals surface area contributed by atoms with E-state index in [1.54, 1.807) is 0 Å². The Morgan fingerprint density at radius 2 is 1.87 bits per heavy atom. The minimum absolute atomic E-state index is 0.279. The van der Waals surface area contributed by atoms with Gasteiger partial charge in [-0.3, -0.25) is 0 Å². The van der Waals surface area contributed by atoms with Crippen LogP contribution in [0.4, 0.5) is 4.79 Å². The molecule has 3 nitrogen and oxygen atoms in total. The van der Waals surface area contributed by atoms with Gasteiger partial charge in [0.25, 0.3) is 0 Å². The second-order valence-corrected chi connectivity index (χ2v) is 4.88. The van der Waals surface area contributed by atoms with Crippen LogP contribution in [-0.4, -0.2) is 18.4 Å². The number of carbonyl (C=O) groups excluding carboxylic acids is 1. The minimum atomic E-state index is -0.614. The smallest absolute Gasteiger partial charge is 0.430 e. The summed E-state index contributed by atoms with van der Waals surface area (Å²) in [6.45, 7) is 9.98. The van der Waals surface area contributed by atoms with Gasteiger partial charge < -0.3 is 9.47 Å². The summed E-state index contributed by atoms with van der Waals surface area (Å²) in [5.74, 6) is 0.628. The molecule has 0 saturated carbocycles. The SMILES string of the molecule is CC(C)C/C=C/COC(=O)OC(C)(C)C. The van der Waals surface area contributed by atoms with E-state index in [9.17, 15) is 4.79 Å². The Morgan fingerprint density at radius 3 is 2.33 bits per heavy atom. The fourth-order valence-electron chi connectivity index (χ4n) is 0.832. The Kier molecular flexibility index (Phi) is 6.06. The van der Waals surface area contributed by atoms with Crippen molar-refractivity contribution in [2.24, 2.45) is 5.92 Å². The van der Waals surface area contributed by atoms with Gasteiger partial charge in [-0.2, -0.15) is 0 Å². The molecule has 0 aliphatic rings. The molecule has 0 saturated heterocycles. The summed E-state index contributed by atoms with van der Waals surface area (Å²) >= 11 is 0. The topological polar surface area (TPSA) is 35.5 Å². The molecule has 0 heterocycles. The van der Waals surface area contributed by atoms with Crippen LogP contribution in [0.1, 0.15) is 41.0 Å². The molecule has 0 aromatic rings. The van der Waals surface area contributed by atoms with Crippen molar-refractivity contribution in [2.45, 2.75) is 46.6 Å². The van der Waals surface area contributed by atoms with E-state index in [1.807, 2.05) is 32.9 Å². The van der Waals surface area contributed by atoms with E-state index in [2.05, 4.69) is 13.8 Å². The molecule has 0 amide bonds. The molecule has 88 valence electrons. The highest BCUT2D eigenvalue weighted by atomic mass is 16.7. The molecule has 0 rings (SSSR count). The van der Waals surface area contributed by atoms with Gasteiger partial charge in [-0.1, -0.05) is 26.0 Å². The first-order valence-corrected chi connectivity index (χ1v) is 5.32. The second kappa shape index (κ2) is 6.49. The fraction of sp³-hybridized carbons (Fsp3) is 0.750. The van der Waals surface area contributed by atoms with Crippen LogP contribution in [0.25, 0.3) is 0 Å². The molecule has 15 heavy (non-hydrogen) atoms. The maximum absolute atomic E-state index is 11.1. The van der Waals surface area contributed by atoms with Crippen LogP contribution < -0.4 is 0 Å². The van der Waals surface area contributed by atoms with Crippen LogP contribution in [0, 0.1) is 5.92 Å². The van der Waals surface area contributed by atoms with Crippen LogP contribution in [0.5, 0.6) is 0 Å². The summed E-state index contributed by atoms with van der Waals surface area (Å²) in [6, 6.07) is 0. The minimum Gasteiger partial charge on any atom is -0.430 e. The van der Waals surface area contributed by atoms with Crippen molar-refractivity contribution >= 4 is 6.16 Å². The van der Waals surface area contributed by atoms with E-state index in [-0.39, 0.29) is 6.61 Å². The molecule has 0 fully saturated rings. The van der Waals surface area contributed by atoms with Gasteiger partial charge in [0.15, 0.2) is 0 Å². The van der Waals surface area contributed by atoms with Crippen molar-refractivity contribution < 1.29 is 14.3 Å². The lowest BCUT2D eigenvalue weighted by Crippen LogP contribution is -2.24. The van der Waals surface area contributed by atoms with Crippen molar-refractivity contribution in [2.75, 3.05) is 6.61 Å². The van der Waals surface area contributed by atoms with Gasteiger partial charge in [0.05, 0.1) is 0 Å². The summed E-state index contributed by atoms with van der Waals surface area (Å²) in [7, 11) is 0. The number of ether oxygens (including phenoxy) is 2. The Morgan fingerprint density at radius 1 is 1.27 bits per heavy atom. The average Bonchev–Trinajstić information content (AvgIpc) is 1.99. The molecule has 3 heteroatoms. The Hall–Kier alpha value is -0.990. The highest BCUT2D eigenvalue weighted by molar-refractivity contribution is 5.60. The van der Waals surface area contributed by atoms with E-state index in [4.69, 9.17) is 9.47 Å². The normalized spacial score (nSPS) is 12.1. The maximum atomic E-state index is 11.1. The summed E-state index contributed by atoms with van der Waals surface area (Å²) in [6.07, 6.45) is 4.23. The van der Waals surface area contributed by atoms with Crippen LogP contribution in [0.15, 0.2) is 12.2 Å². The highest BCUT2D eigenvalue weighted by Gasteiger charge is 2.16. The van der Waals surface area contributed by atoms with Gasteiger partial charge in [-0.05, 0) is 33.1 Å². The van der Waals surface area contributed by atoms with Crippen molar-refractivity contribution in [1.29, 1.82) is 0 Å². The van der Waals surface area contributed by atoms with Gasteiger partial charge in [0, 0.05) is 0 Å². The van der Waals surface area contributed by atoms with E-state index in [1.165, 1.54) is 0 Å². The van der Waals surface area contributed by atoms with Gasteiger partial charge >= 0.3 is 6.16 Å². The number of hydrogen-bond acceptors (Lipinski definition) is 3. The Labute approximate surface area is 92.5 Å². The zero-order valence-electron chi connectivity index (χ0n) is 10.4. The monoisotopic (exact) mass is 214 g/mol. The van der Waals surface area contributed by atoms with Crippen molar-refractivity contribution in [3.8, 4) is 0 Å². The molecule has 0 aromatic heterocycles. The van der Waals surface area contributed by atoms with Gasteiger partial charge in [-0.15, -0.1) is 0 Å². The highest BCUT2D eigenvalue weighted by Crippen LogP contribution is 2.08. The third-order valence-electron chi connectivity index (χ3n) is 1.46. The molecule has 0 aliphatic heterocycles. The molecule has 0 atom stereocenters. The standard InChI is InChI=1S/C12H22O3/c1-10(2)8-6-7-9-14-11(13)15-12(3,4)5/h6-7,10H,8-9H2,1-5H3/b7-6+. The third kappa shape index (κ3) is 10.9. The Balaban J connectivity index is 3.60. The lowest BCUT2D eigenvalue weighted by Gasteiger charge is -2.18. The van der Waals surface area contributed by atoms with Crippen molar-refractivity contribution in [3.05, 3.63) is 12.2 Å². The summed E-state index contributed by atoms with van der Waals surface area (Å²) in [5.41, 5.74) is -0.487. The molecule has 0 aliphatic carbocycles. The van der Waals surface area contributed by atoms with Crippen LogP contribution in [-0.2, 0) is 9.47 Å². The summed E-state index contributed by atoms with van der Waals surface area (Å²) in [4.78, 5) is 11.1. The molecule has 0 bridgehead atoms. The van der Waals surface area contributed by atoms with Gasteiger partial charge in [0.2, 0.25) is 0 Å². The molecule has 0 unspecified atom stereocenters. The molecule has 0 aromatic carbocycles. The van der Waals surface area contributed by atoms with Gasteiger partial charge in [-0.25, -0.2) is 4.79 Å². The maximum Gasteiger partial charge on any atom is 0.509 e. The molecule has 0 spiro atoms. The second-order valence-electron chi connectivity index (χ2n) is 4.88.